The lowest BCUT2D eigenvalue weighted by Gasteiger charge is -2.22. The number of halogens is 1. The van der Waals surface area contributed by atoms with Gasteiger partial charge in [-0.25, -0.2) is 9.37 Å². The molecule has 0 aliphatic carbocycles. The van der Waals surface area contributed by atoms with Gasteiger partial charge in [0.2, 0.25) is 5.95 Å². The minimum atomic E-state index is -1.16. The molecule has 0 aliphatic rings. The molecule has 2 aromatic carbocycles. The second kappa shape index (κ2) is 11.9. The van der Waals surface area contributed by atoms with Gasteiger partial charge in [0.05, 0.1) is 24.3 Å². The van der Waals surface area contributed by atoms with Gasteiger partial charge in [0, 0.05) is 29.9 Å². The predicted molar refractivity (Wildman–Crippen MR) is 134 cm³/mol. The number of aliphatic hydroxyl groups excluding tert-OH is 2. The smallest absolute Gasteiger partial charge is 0.305 e. The van der Waals surface area contributed by atoms with Gasteiger partial charge in [-0.15, -0.1) is 0 Å². The van der Waals surface area contributed by atoms with Crippen LogP contribution in [0.5, 0.6) is 0 Å². The van der Waals surface area contributed by atoms with Crippen LogP contribution >= 0.6 is 0 Å². The Morgan fingerprint density at radius 1 is 1.03 bits per heavy atom. The Morgan fingerprint density at radius 2 is 1.67 bits per heavy atom. The number of carbonyl (C=O) groups excluding carboxylic acids is 1. The number of carboxylic acids is 1. The Kier molecular flexibility index (Phi) is 8.95. The van der Waals surface area contributed by atoms with Crippen molar-refractivity contribution in [2.24, 2.45) is 0 Å². The molecular formula is C27H32FN3O5. The Labute approximate surface area is 209 Å². The maximum absolute atomic E-state index is 13.6. The topological polar surface area (TPSA) is 116 Å². The molecular weight excluding hydrogens is 465 g/mol. The minimum Gasteiger partial charge on any atom is -0.481 e. The van der Waals surface area contributed by atoms with E-state index in [2.05, 4.69) is 0 Å². The fraction of sp³-hybridized carbons (Fsp3) is 0.370. The van der Waals surface area contributed by atoms with Gasteiger partial charge in [0.1, 0.15) is 5.82 Å². The van der Waals surface area contributed by atoms with Crippen LogP contribution in [0.1, 0.15) is 55.2 Å². The molecule has 0 aliphatic heterocycles. The number of amides is 1. The maximum Gasteiger partial charge on any atom is 0.305 e. The number of hydrogen-bond donors (Lipinski definition) is 3. The highest BCUT2D eigenvalue weighted by molar-refractivity contribution is 6.05. The first-order valence-electron chi connectivity index (χ1n) is 11.9. The molecule has 1 heterocycles. The Morgan fingerprint density at radius 3 is 2.25 bits per heavy atom. The van der Waals surface area contributed by atoms with Gasteiger partial charge in [-0.05, 0) is 69.5 Å². The lowest BCUT2D eigenvalue weighted by atomic mass is 10.0. The Bertz CT molecular complexity index is 1180. The van der Waals surface area contributed by atoms with Gasteiger partial charge in [-0.1, -0.05) is 18.2 Å². The molecule has 0 fully saturated rings. The number of hydrogen-bond acceptors (Lipinski definition) is 5. The third-order valence-corrected chi connectivity index (χ3v) is 5.92. The molecule has 9 heteroatoms. The number of aliphatic carboxylic acids is 1. The van der Waals surface area contributed by atoms with E-state index in [4.69, 9.17) is 10.1 Å². The van der Waals surface area contributed by atoms with E-state index < -0.39 is 24.6 Å². The SMILES string of the molecule is CC(C)n1c(N(C)C(=O)c2ccccc2)nc(-c2ccc(F)cc2)c1CCC(O)CC(O)CC(=O)O. The van der Waals surface area contributed by atoms with Gasteiger partial charge in [0.25, 0.3) is 5.91 Å². The molecule has 8 nitrogen and oxygen atoms in total. The van der Waals surface area contributed by atoms with Crippen molar-refractivity contribution in [3.63, 3.8) is 0 Å². The lowest BCUT2D eigenvalue weighted by Crippen LogP contribution is -2.30. The average Bonchev–Trinajstić information content (AvgIpc) is 3.22. The molecule has 0 saturated carbocycles. The number of anilines is 1. The molecule has 36 heavy (non-hydrogen) atoms. The highest BCUT2D eigenvalue weighted by Crippen LogP contribution is 2.33. The summed E-state index contributed by atoms with van der Waals surface area (Å²) in [7, 11) is 1.64. The average molecular weight is 498 g/mol. The van der Waals surface area contributed by atoms with Crippen LogP contribution < -0.4 is 4.90 Å². The molecule has 0 spiro atoms. The Balaban J connectivity index is 1.99. The van der Waals surface area contributed by atoms with E-state index in [1.54, 1.807) is 43.4 Å². The zero-order chi connectivity index (χ0) is 26.4. The summed E-state index contributed by atoms with van der Waals surface area (Å²) < 4.78 is 15.5. The molecule has 1 aromatic heterocycles. The second-order valence-electron chi connectivity index (χ2n) is 9.09. The van der Waals surface area contributed by atoms with Crippen LogP contribution in [0.25, 0.3) is 11.3 Å². The van der Waals surface area contributed by atoms with Crippen molar-refractivity contribution in [2.75, 3.05) is 11.9 Å². The number of aliphatic hydroxyl groups is 2. The second-order valence-corrected chi connectivity index (χ2v) is 9.09. The summed E-state index contributed by atoms with van der Waals surface area (Å²) >= 11 is 0. The third kappa shape index (κ3) is 6.56. The Hall–Kier alpha value is -3.56. The molecule has 1 amide bonds. The number of nitrogens with zero attached hydrogens (tertiary/aromatic N) is 3. The highest BCUT2D eigenvalue weighted by Gasteiger charge is 2.26. The summed E-state index contributed by atoms with van der Waals surface area (Å²) in [5.74, 6) is -1.35. The number of rotatable bonds is 11. The summed E-state index contributed by atoms with van der Waals surface area (Å²) in [6.45, 7) is 3.91. The summed E-state index contributed by atoms with van der Waals surface area (Å²) in [6.07, 6.45) is -2.05. The van der Waals surface area contributed by atoms with Gasteiger partial charge in [-0.3, -0.25) is 14.5 Å². The van der Waals surface area contributed by atoms with Crippen LogP contribution in [0.3, 0.4) is 0 Å². The first-order chi connectivity index (χ1) is 17.1. The van der Waals surface area contributed by atoms with Crippen molar-refractivity contribution in [3.05, 3.63) is 71.7 Å². The van der Waals surface area contributed by atoms with Crippen LogP contribution in [-0.2, 0) is 11.2 Å². The first-order valence-corrected chi connectivity index (χ1v) is 11.9. The molecule has 0 saturated heterocycles. The van der Waals surface area contributed by atoms with Gasteiger partial charge in [0.15, 0.2) is 0 Å². The fourth-order valence-corrected chi connectivity index (χ4v) is 4.20. The van der Waals surface area contributed by atoms with Crippen molar-refractivity contribution < 1.29 is 29.3 Å². The summed E-state index contributed by atoms with van der Waals surface area (Å²) in [5.41, 5.74) is 2.47. The van der Waals surface area contributed by atoms with E-state index in [9.17, 15) is 24.2 Å². The monoisotopic (exact) mass is 497 g/mol. The molecule has 3 N–H and O–H groups in total. The fourth-order valence-electron chi connectivity index (χ4n) is 4.20. The van der Waals surface area contributed by atoms with Crippen molar-refractivity contribution in [1.29, 1.82) is 0 Å². The molecule has 3 aromatic rings. The minimum absolute atomic E-state index is 0.0761. The normalized spacial score (nSPS) is 13.0. The zero-order valence-corrected chi connectivity index (χ0v) is 20.6. The maximum atomic E-state index is 13.6. The van der Waals surface area contributed by atoms with Crippen molar-refractivity contribution in [1.82, 2.24) is 9.55 Å². The van der Waals surface area contributed by atoms with E-state index in [0.29, 0.717) is 29.2 Å². The largest absolute Gasteiger partial charge is 0.481 e. The van der Waals surface area contributed by atoms with Crippen molar-refractivity contribution >= 4 is 17.8 Å². The van der Waals surface area contributed by atoms with E-state index in [1.807, 2.05) is 24.5 Å². The standard InChI is InChI=1S/C27H32FN3O5/c1-17(2)31-23(14-13-21(32)15-22(33)16-24(34)35)25(18-9-11-20(28)12-10-18)29-27(31)30(3)26(36)19-7-5-4-6-8-19/h4-12,17,21-22,32-33H,13-16H2,1-3H3,(H,34,35). The quantitative estimate of drug-likeness (QED) is 0.368. The van der Waals surface area contributed by atoms with Crippen LogP contribution in [0.2, 0.25) is 0 Å². The summed E-state index contributed by atoms with van der Waals surface area (Å²) in [6, 6.07) is 14.6. The van der Waals surface area contributed by atoms with E-state index >= 15 is 0 Å². The third-order valence-electron chi connectivity index (χ3n) is 5.92. The summed E-state index contributed by atoms with van der Waals surface area (Å²) in [5, 5.41) is 29.2. The highest BCUT2D eigenvalue weighted by atomic mass is 19.1. The predicted octanol–water partition coefficient (Wildman–Crippen LogP) is 4.07. The molecule has 2 atom stereocenters. The molecule has 192 valence electrons. The van der Waals surface area contributed by atoms with Crippen LogP contribution in [0.4, 0.5) is 10.3 Å². The van der Waals surface area contributed by atoms with Crippen LogP contribution in [0, 0.1) is 5.82 Å². The number of carbonyl (C=O) groups is 2. The van der Waals surface area contributed by atoms with Crippen molar-refractivity contribution in [3.8, 4) is 11.3 Å². The molecule has 3 rings (SSSR count). The van der Waals surface area contributed by atoms with Gasteiger partial charge in [-0.2, -0.15) is 0 Å². The van der Waals surface area contributed by atoms with E-state index in [-0.39, 0.29) is 30.6 Å². The number of imidazole rings is 1. The number of benzene rings is 2. The van der Waals surface area contributed by atoms with Crippen molar-refractivity contribution in [2.45, 2.75) is 57.8 Å². The molecule has 2 unspecified atom stereocenters. The lowest BCUT2D eigenvalue weighted by molar-refractivity contribution is -0.139. The molecule has 0 bridgehead atoms. The summed E-state index contributed by atoms with van der Waals surface area (Å²) in [4.78, 5) is 30.3. The number of carboxylic acid groups (broad SMARTS) is 1. The zero-order valence-electron chi connectivity index (χ0n) is 20.6. The van der Waals surface area contributed by atoms with E-state index in [1.165, 1.54) is 17.0 Å². The van der Waals surface area contributed by atoms with E-state index in [0.717, 1.165) is 5.69 Å². The van der Waals surface area contributed by atoms with Crippen LogP contribution in [-0.4, -0.2) is 56.0 Å². The van der Waals surface area contributed by atoms with Gasteiger partial charge >= 0.3 is 5.97 Å². The number of aromatic nitrogens is 2. The van der Waals surface area contributed by atoms with Gasteiger partial charge < -0.3 is 19.9 Å². The molecule has 0 radical (unpaired) electrons. The van der Waals surface area contributed by atoms with Crippen LogP contribution in [0.15, 0.2) is 54.6 Å². The first kappa shape index (κ1) is 27.0.